The Morgan fingerprint density at radius 1 is 1.10 bits per heavy atom. The number of hydrogen-bond acceptors (Lipinski definition) is 4. The fourth-order valence-electron chi connectivity index (χ4n) is 4.91. The van der Waals surface area contributed by atoms with Crippen molar-refractivity contribution in [3.8, 4) is 0 Å². The first-order chi connectivity index (χ1) is 14.5. The number of likely N-dealkylation sites (N-methyl/N-ethyl adjacent to an activating group) is 1. The minimum Gasteiger partial charge on any atom is -0.444 e. The van der Waals surface area contributed by atoms with Crippen LogP contribution in [-0.2, 0) is 4.74 Å². The Bertz CT molecular complexity index is 873. The molecule has 4 rings (SSSR count). The van der Waals surface area contributed by atoms with Crippen molar-refractivity contribution in [2.24, 2.45) is 0 Å². The maximum atomic E-state index is 13.5. The molecule has 170 valence electrons. The van der Waals surface area contributed by atoms with Crippen LogP contribution in [0.4, 0.5) is 19.3 Å². The molecule has 0 radical (unpaired) electrons. The molecule has 0 aliphatic carbocycles. The molecule has 2 atom stereocenters. The molecule has 2 unspecified atom stereocenters. The van der Waals surface area contributed by atoms with Gasteiger partial charge in [-0.15, -0.1) is 0 Å². The number of piperidine rings is 2. The summed E-state index contributed by atoms with van der Waals surface area (Å²) in [5.74, 6) is -2.80. The zero-order valence-corrected chi connectivity index (χ0v) is 18.7. The summed E-state index contributed by atoms with van der Waals surface area (Å²) in [5, 5.41) is 0. The monoisotopic (exact) mass is 435 g/mol. The standard InChI is InChI=1S/C23H31F2N3O3/c1-22(2,3)31-21(30)28-10-7-19-17(14-28)16-13-15(5-6-18(16)26(19)4)20(29)27-11-8-23(24,25)9-12-27/h5-6,13,17,19H,7-12,14H2,1-4H3. The lowest BCUT2D eigenvalue weighted by molar-refractivity contribution is -0.0494. The van der Waals surface area contributed by atoms with Gasteiger partial charge in [-0.05, 0) is 51.0 Å². The molecule has 2 fully saturated rings. The summed E-state index contributed by atoms with van der Waals surface area (Å²) in [5.41, 5.74) is 2.06. The number of anilines is 1. The van der Waals surface area contributed by atoms with E-state index in [-0.39, 0.29) is 49.9 Å². The Morgan fingerprint density at radius 3 is 2.42 bits per heavy atom. The highest BCUT2D eigenvalue weighted by atomic mass is 19.3. The van der Waals surface area contributed by atoms with E-state index >= 15 is 0 Å². The highest BCUT2D eigenvalue weighted by molar-refractivity contribution is 5.95. The van der Waals surface area contributed by atoms with Crippen molar-refractivity contribution < 1.29 is 23.1 Å². The normalized spacial score (nSPS) is 25.2. The molecule has 3 heterocycles. The number of fused-ring (bicyclic) bond motifs is 3. The molecule has 3 aliphatic heterocycles. The molecule has 1 aromatic rings. The van der Waals surface area contributed by atoms with Crippen molar-refractivity contribution in [1.29, 1.82) is 0 Å². The van der Waals surface area contributed by atoms with Gasteiger partial charge in [0.1, 0.15) is 5.60 Å². The Kier molecular flexibility index (Phi) is 5.38. The molecule has 2 saturated heterocycles. The average molecular weight is 436 g/mol. The second-order valence-corrected chi connectivity index (χ2v) is 9.92. The van der Waals surface area contributed by atoms with Crippen molar-refractivity contribution in [3.63, 3.8) is 0 Å². The molecule has 3 aliphatic rings. The van der Waals surface area contributed by atoms with Crippen molar-refractivity contribution >= 4 is 17.7 Å². The van der Waals surface area contributed by atoms with Crippen LogP contribution < -0.4 is 4.90 Å². The topological polar surface area (TPSA) is 53.1 Å². The summed E-state index contributed by atoms with van der Waals surface area (Å²) in [6.45, 7) is 6.86. The minimum absolute atomic E-state index is 0.0707. The van der Waals surface area contributed by atoms with Gasteiger partial charge in [0.05, 0.1) is 0 Å². The summed E-state index contributed by atoms with van der Waals surface area (Å²) in [4.78, 5) is 31.1. The lowest BCUT2D eigenvalue weighted by atomic mass is 9.88. The molecule has 0 spiro atoms. The van der Waals surface area contributed by atoms with E-state index in [1.165, 1.54) is 4.90 Å². The molecule has 6 nitrogen and oxygen atoms in total. The maximum absolute atomic E-state index is 13.5. The van der Waals surface area contributed by atoms with Gasteiger partial charge in [-0.3, -0.25) is 4.79 Å². The molecule has 0 bridgehead atoms. The quantitative estimate of drug-likeness (QED) is 0.667. The van der Waals surface area contributed by atoms with Crippen LogP contribution in [0.15, 0.2) is 18.2 Å². The number of alkyl halides is 2. The number of carbonyl (C=O) groups is 2. The third-order valence-electron chi connectivity index (χ3n) is 6.56. The van der Waals surface area contributed by atoms with Crippen LogP contribution in [0.1, 0.15) is 61.9 Å². The van der Waals surface area contributed by atoms with Crippen molar-refractivity contribution in [1.82, 2.24) is 9.80 Å². The summed E-state index contributed by atoms with van der Waals surface area (Å²) >= 11 is 0. The van der Waals surface area contributed by atoms with E-state index in [4.69, 9.17) is 4.74 Å². The number of likely N-dealkylation sites (tertiary alicyclic amines) is 2. The van der Waals surface area contributed by atoms with Gasteiger partial charge >= 0.3 is 6.09 Å². The zero-order valence-electron chi connectivity index (χ0n) is 18.7. The third-order valence-corrected chi connectivity index (χ3v) is 6.56. The van der Waals surface area contributed by atoms with E-state index in [0.29, 0.717) is 18.7 Å². The number of nitrogens with zero attached hydrogens (tertiary/aromatic N) is 3. The van der Waals surface area contributed by atoms with Crippen LogP contribution in [0, 0.1) is 0 Å². The maximum Gasteiger partial charge on any atom is 0.410 e. The van der Waals surface area contributed by atoms with E-state index in [0.717, 1.165) is 17.7 Å². The highest BCUT2D eigenvalue weighted by Gasteiger charge is 2.43. The van der Waals surface area contributed by atoms with Crippen LogP contribution in [-0.4, -0.2) is 72.6 Å². The van der Waals surface area contributed by atoms with Gasteiger partial charge in [-0.2, -0.15) is 0 Å². The van der Waals surface area contributed by atoms with Crippen LogP contribution >= 0.6 is 0 Å². The Hall–Kier alpha value is -2.38. The molecule has 1 aromatic carbocycles. The first-order valence-electron chi connectivity index (χ1n) is 11.0. The van der Waals surface area contributed by atoms with Crippen LogP contribution in [0.5, 0.6) is 0 Å². The van der Waals surface area contributed by atoms with Gasteiger partial charge in [0.25, 0.3) is 11.8 Å². The molecule has 0 N–H and O–H groups in total. The highest BCUT2D eigenvalue weighted by Crippen LogP contribution is 2.44. The summed E-state index contributed by atoms with van der Waals surface area (Å²) in [6.07, 6.45) is -0.0766. The number of amides is 2. The third kappa shape index (κ3) is 4.34. The SMILES string of the molecule is CN1c2ccc(C(=O)N3CCC(F)(F)CC3)cc2C2CN(C(=O)OC(C)(C)C)CCC21. The fraction of sp³-hybridized carbons (Fsp3) is 0.652. The van der Waals surface area contributed by atoms with Crippen LogP contribution in [0.25, 0.3) is 0 Å². The largest absolute Gasteiger partial charge is 0.444 e. The smallest absolute Gasteiger partial charge is 0.410 e. The van der Waals surface area contributed by atoms with E-state index in [1.807, 2.05) is 40.0 Å². The van der Waals surface area contributed by atoms with Crippen molar-refractivity contribution in [2.45, 2.75) is 63.5 Å². The molecule has 0 saturated carbocycles. The van der Waals surface area contributed by atoms with Gasteiger partial charge in [0.15, 0.2) is 0 Å². The van der Waals surface area contributed by atoms with Gasteiger partial charge in [-0.25, -0.2) is 13.6 Å². The molecule has 31 heavy (non-hydrogen) atoms. The number of ether oxygens (including phenoxy) is 1. The lowest BCUT2D eigenvalue weighted by Crippen LogP contribution is -2.48. The Balaban J connectivity index is 1.53. The second kappa shape index (κ2) is 7.64. The first-order valence-corrected chi connectivity index (χ1v) is 11.0. The zero-order chi connectivity index (χ0) is 22.6. The van der Waals surface area contributed by atoms with Crippen LogP contribution in [0.3, 0.4) is 0 Å². The minimum atomic E-state index is -2.68. The van der Waals surface area contributed by atoms with E-state index in [9.17, 15) is 18.4 Å². The Labute approximate surface area is 182 Å². The number of hydrogen-bond donors (Lipinski definition) is 0. The van der Waals surface area contributed by atoms with Gasteiger partial charge in [0.2, 0.25) is 0 Å². The molecule has 0 aromatic heterocycles. The number of benzene rings is 1. The average Bonchev–Trinajstić information content (AvgIpc) is 2.97. The van der Waals surface area contributed by atoms with Gasteiger partial charge < -0.3 is 19.4 Å². The summed E-state index contributed by atoms with van der Waals surface area (Å²) < 4.78 is 32.5. The lowest BCUT2D eigenvalue weighted by Gasteiger charge is -2.38. The number of carbonyl (C=O) groups excluding carboxylic acids is 2. The molecular formula is C23H31F2N3O3. The predicted molar refractivity (Wildman–Crippen MR) is 114 cm³/mol. The van der Waals surface area contributed by atoms with Crippen molar-refractivity contribution in [2.75, 3.05) is 38.1 Å². The number of rotatable bonds is 1. The second-order valence-electron chi connectivity index (χ2n) is 9.92. The fourth-order valence-corrected chi connectivity index (χ4v) is 4.91. The first kappa shape index (κ1) is 21.8. The van der Waals surface area contributed by atoms with Gasteiger partial charge in [-0.1, -0.05) is 0 Å². The molecular weight excluding hydrogens is 404 g/mol. The van der Waals surface area contributed by atoms with Gasteiger partial charge in [0, 0.05) is 69.3 Å². The Morgan fingerprint density at radius 2 is 1.77 bits per heavy atom. The molecule has 2 amide bonds. The summed E-state index contributed by atoms with van der Waals surface area (Å²) in [7, 11) is 2.04. The van der Waals surface area contributed by atoms with E-state index in [2.05, 4.69) is 4.90 Å². The molecule has 8 heteroatoms. The van der Waals surface area contributed by atoms with E-state index in [1.54, 1.807) is 11.0 Å². The predicted octanol–water partition coefficient (Wildman–Crippen LogP) is 4.10. The summed E-state index contributed by atoms with van der Waals surface area (Å²) in [6, 6.07) is 5.88. The number of halogens is 2. The van der Waals surface area contributed by atoms with Crippen molar-refractivity contribution in [3.05, 3.63) is 29.3 Å². The van der Waals surface area contributed by atoms with E-state index < -0.39 is 11.5 Å². The van der Waals surface area contributed by atoms with Crippen LogP contribution in [0.2, 0.25) is 0 Å².